The maximum Gasteiger partial charge on any atom is 0.154 e. The lowest BCUT2D eigenvalue weighted by molar-refractivity contribution is -0.119. The first kappa shape index (κ1) is 23.7. The van der Waals surface area contributed by atoms with Crippen LogP contribution in [0.1, 0.15) is 19.3 Å². The smallest absolute Gasteiger partial charge is 0.154 e. The van der Waals surface area contributed by atoms with Crippen molar-refractivity contribution in [3.8, 4) is 0 Å². The monoisotopic (exact) mass is 498 g/mol. The molecule has 1 fully saturated rings. The summed E-state index contributed by atoms with van der Waals surface area (Å²) in [5.41, 5.74) is -1.40. The molecule has 1 aliphatic rings. The Kier molecular flexibility index (Phi) is 6.74. The van der Waals surface area contributed by atoms with E-state index in [1.54, 1.807) is 0 Å². The maximum absolute atomic E-state index is 15.0. The Morgan fingerprint density at radius 2 is 0.714 bits per heavy atom. The van der Waals surface area contributed by atoms with Crippen LogP contribution in [0.5, 0.6) is 0 Å². The number of hydrogen-bond donors (Lipinski definition) is 0. The standard InChI is InChI=1S/C30H28O3P2/c31-30-28(34(32,24-14-5-1-6-15-24)25-16-7-2-8-17-25)22-13-23-29(30)35(33,26-18-9-3-10-19-26)27-20-11-4-12-21-27/h1-12,14-21,28-29H,13,22-23H2/t28-,29-/m0/s1. The molecule has 0 aliphatic heterocycles. The molecule has 0 bridgehead atoms. The normalized spacial score (nSPS) is 18.8. The van der Waals surface area contributed by atoms with E-state index in [-0.39, 0.29) is 5.78 Å². The van der Waals surface area contributed by atoms with Gasteiger partial charge in [0.1, 0.15) is 0 Å². The lowest BCUT2D eigenvalue weighted by Gasteiger charge is -2.37. The number of carbonyl (C=O) groups excluding carboxylic acids is 1. The molecule has 4 aromatic carbocycles. The van der Waals surface area contributed by atoms with Crippen molar-refractivity contribution in [2.75, 3.05) is 0 Å². The molecule has 0 radical (unpaired) electrons. The van der Waals surface area contributed by atoms with Crippen LogP contribution in [0.4, 0.5) is 0 Å². The van der Waals surface area contributed by atoms with Crippen molar-refractivity contribution in [2.45, 2.75) is 30.6 Å². The summed E-state index contributed by atoms with van der Waals surface area (Å²) in [7, 11) is -6.63. The second-order valence-corrected chi connectivity index (χ2v) is 15.0. The molecule has 0 N–H and O–H groups in total. The molecule has 5 rings (SSSR count). The van der Waals surface area contributed by atoms with Crippen molar-refractivity contribution < 1.29 is 13.9 Å². The predicted octanol–water partition coefficient (Wildman–Crippen LogP) is 5.50. The molecule has 3 nitrogen and oxygen atoms in total. The lowest BCUT2D eigenvalue weighted by atomic mass is 9.98. The molecule has 0 heterocycles. The van der Waals surface area contributed by atoms with Crippen LogP contribution in [-0.2, 0) is 13.9 Å². The van der Waals surface area contributed by atoms with Gasteiger partial charge in [0.05, 0.1) is 11.3 Å². The molecule has 0 saturated heterocycles. The van der Waals surface area contributed by atoms with Crippen LogP contribution in [0.2, 0.25) is 0 Å². The molecular formula is C30H28O3P2. The molecule has 4 aromatic rings. The van der Waals surface area contributed by atoms with Crippen molar-refractivity contribution in [1.29, 1.82) is 0 Å². The van der Waals surface area contributed by atoms with Gasteiger partial charge in [-0.05, 0) is 12.8 Å². The summed E-state index contributed by atoms with van der Waals surface area (Å²) in [5, 5.41) is 2.72. The molecule has 176 valence electrons. The summed E-state index contributed by atoms with van der Waals surface area (Å²) < 4.78 is 30.0. The summed E-state index contributed by atoms with van der Waals surface area (Å²) in [6, 6.07) is 37.4. The highest BCUT2D eigenvalue weighted by Gasteiger charge is 2.51. The van der Waals surface area contributed by atoms with Crippen molar-refractivity contribution in [1.82, 2.24) is 0 Å². The number of Topliss-reactive ketones (excluding diaryl/α,β-unsaturated/α-hetero) is 1. The second kappa shape index (κ2) is 9.94. The van der Waals surface area contributed by atoms with E-state index in [0.29, 0.717) is 40.5 Å². The van der Waals surface area contributed by atoms with E-state index < -0.39 is 25.6 Å². The van der Waals surface area contributed by atoms with Crippen LogP contribution in [-0.4, -0.2) is 17.1 Å². The quantitative estimate of drug-likeness (QED) is 0.330. The van der Waals surface area contributed by atoms with Gasteiger partial charge in [0.2, 0.25) is 0 Å². The summed E-state index contributed by atoms with van der Waals surface area (Å²) >= 11 is 0. The molecule has 0 aromatic heterocycles. The molecule has 0 spiro atoms. The molecule has 1 saturated carbocycles. The Morgan fingerprint density at radius 3 is 0.971 bits per heavy atom. The topological polar surface area (TPSA) is 51.2 Å². The third-order valence-corrected chi connectivity index (χ3v) is 14.1. The Morgan fingerprint density at radius 1 is 0.457 bits per heavy atom. The number of rotatable bonds is 6. The Balaban J connectivity index is 1.66. The minimum atomic E-state index is -3.32. The average molecular weight is 498 g/mol. The fraction of sp³-hybridized carbons (Fsp3) is 0.167. The van der Waals surface area contributed by atoms with Crippen molar-refractivity contribution >= 4 is 41.3 Å². The largest absolute Gasteiger partial charge is 0.313 e. The summed E-state index contributed by atoms with van der Waals surface area (Å²) in [5.74, 6) is -0.136. The summed E-state index contributed by atoms with van der Waals surface area (Å²) in [4.78, 5) is 14.4. The van der Waals surface area contributed by atoms with Gasteiger partial charge in [-0.3, -0.25) is 4.79 Å². The summed E-state index contributed by atoms with van der Waals surface area (Å²) in [6.07, 6.45) is 1.76. The van der Waals surface area contributed by atoms with E-state index in [2.05, 4.69) is 0 Å². The number of benzene rings is 4. The van der Waals surface area contributed by atoms with Crippen LogP contribution < -0.4 is 21.2 Å². The van der Waals surface area contributed by atoms with Crippen molar-refractivity contribution in [2.24, 2.45) is 0 Å². The maximum atomic E-state index is 15.0. The van der Waals surface area contributed by atoms with Crippen LogP contribution in [0, 0.1) is 0 Å². The molecule has 35 heavy (non-hydrogen) atoms. The van der Waals surface area contributed by atoms with Crippen LogP contribution in [0.3, 0.4) is 0 Å². The highest BCUT2D eigenvalue weighted by atomic mass is 31.2. The molecule has 5 heteroatoms. The third kappa shape index (κ3) is 4.18. The highest BCUT2D eigenvalue weighted by Crippen LogP contribution is 2.59. The predicted molar refractivity (Wildman–Crippen MR) is 146 cm³/mol. The molecule has 1 aliphatic carbocycles. The molecular weight excluding hydrogens is 470 g/mol. The first-order valence-electron chi connectivity index (χ1n) is 12.0. The van der Waals surface area contributed by atoms with Crippen LogP contribution >= 0.6 is 14.3 Å². The first-order chi connectivity index (χ1) is 17.1. The molecule has 0 unspecified atom stereocenters. The molecule has 2 atom stereocenters. The zero-order valence-corrected chi connectivity index (χ0v) is 21.2. The Labute approximate surface area is 207 Å². The Bertz CT molecular complexity index is 1190. The zero-order valence-electron chi connectivity index (χ0n) is 19.4. The van der Waals surface area contributed by atoms with E-state index in [4.69, 9.17) is 0 Å². The molecule has 0 amide bonds. The second-order valence-electron chi connectivity index (χ2n) is 9.02. The zero-order chi connectivity index (χ0) is 24.3. The van der Waals surface area contributed by atoms with Gasteiger partial charge in [-0.15, -0.1) is 0 Å². The van der Waals surface area contributed by atoms with E-state index in [0.717, 1.165) is 0 Å². The fourth-order valence-corrected chi connectivity index (χ4v) is 12.1. The van der Waals surface area contributed by atoms with Gasteiger partial charge in [0.25, 0.3) is 0 Å². The van der Waals surface area contributed by atoms with Gasteiger partial charge in [-0.2, -0.15) is 0 Å². The minimum absolute atomic E-state index is 0.136. The highest BCUT2D eigenvalue weighted by molar-refractivity contribution is 7.82. The van der Waals surface area contributed by atoms with Crippen LogP contribution in [0.15, 0.2) is 121 Å². The van der Waals surface area contributed by atoms with Crippen LogP contribution in [0.25, 0.3) is 0 Å². The van der Waals surface area contributed by atoms with E-state index in [1.165, 1.54) is 0 Å². The van der Waals surface area contributed by atoms with Gasteiger partial charge in [-0.1, -0.05) is 128 Å². The van der Waals surface area contributed by atoms with Gasteiger partial charge in [0, 0.05) is 21.2 Å². The minimum Gasteiger partial charge on any atom is -0.313 e. The SMILES string of the molecule is O=C1[C@@H](P(=O)(c2ccccc2)c2ccccc2)CCC[C@@H]1P(=O)(c1ccccc1)c1ccccc1. The first-order valence-corrected chi connectivity index (χ1v) is 15.6. The van der Waals surface area contributed by atoms with Crippen molar-refractivity contribution in [3.63, 3.8) is 0 Å². The Hall–Kier alpha value is -2.99. The van der Waals surface area contributed by atoms with Crippen molar-refractivity contribution in [3.05, 3.63) is 121 Å². The third-order valence-electron chi connectivity index (χ3n) is 7.05. The number of ketones is 1. The van der Waals surface area contributed by atoms with Gasteiger partial charge in [-0.25, -0.2) is 0 Å². The fourth-order valence-electron chi connectivity index (χ4n) is 5.35. The number of carbonyl (C=O) groups is 1. The summed E-state index contributed by atoms with van der Waals surface area (Å²) in [6.45, 7) is 0. The average Bonchev–Trinajstić information content (AvgIpc) is 2.94. The van der Waals surface area contributed by atoms with Gasteiger partial charge in [0.15, 0.2) is 20.1 Å². The lowest BCUT2D eigenvalue weighted by Crippen LogP contribution is -2.43. The van der Waals surface area contributed by atoms with Gasteiger partial charge < -0.3 is 9.13 Å². The van der Waals surface area contributed by atoms with E-state index in [1.807, 2.05) is 121 Å². The van der Waals surface area contributed by atoms with E-state index in [9.17, 15) is 4.79 Å². The van der Waals surface area contributed by atoms with E-state index >= 15 is 9.13 Å². The number of hydrogen-bond acceptors (Lipinski definition) is 3. The van der Waals surface area contributed by atoms with Gasteiger partial charge >= 0.3 is 0 Å².